The second-order valence-corrected chi connectivity index (χ2v) is 6.74. The van der Waals surface area contributed by atoms with Crippen molar-refractivity contribution in [3.63, 3.8) is 0 Å². The molecule has 2 aliphatic heterocycles. The fraction of sp³-hybridized carbons (Fsp3) is 0.400. The van der Waals surface area contributed by atoms with Crippen LogP contribution in [0.15, 0.2) is 18.2 Å². The number of hydrazine groups is 1. The second kappa shape index (κ2) is 5.42. The van der Waals surface area contributed by atoms with Crippen LogP contribution in [-0.4, -0.2) is 40.3 Å². The molecule has 0 bridgehead atoms. The number of benzene rings is 1. The number of nitrogens with one attached hydrogen (secondary N) is 3. The van der Waals surface area contributed by atoms with Crippen molar-refractivity contribution in [1.82, 2.24) is 20.7 Å². The van der Waals surface area contributed by atoms with E-state index >= 15 is 0 Å². The lowest BCUT2D eigenvalue weighted by molar-refractivity contribution is -0.134. The quantitative estimate of drug-likeness (QED) is 0.695. The van der Waals surface area contributed by atoms with Crippen LogP contribution in [0.2, 0.25) is 5.02 Å². The predicted molar refractivity (Wildman–Crippen MR) is 87.0 cm³/mol. The summed E-state index contributed by atoms with van der Waals surface area (Å²) >= 11 is 12.4. The van der Waals surface area contributed by atoms with Crippen LogP contribution in [0.25, 0.3) is 10.9 Å². The molecule has 116 valence electrons. The van der Waals surface area contributed by atoms with Gasteiger partial charge in [-0.2, -0.15) is 0 Å². The summed E-state index contributed by atoms with van der Waals surface area (Å²) < 4.78 is 0. The van der Waals surface area contributed by atoms with Crippen LogP contribution in [0.3, 0.4) is 0 Å². The standard InChI is InChI=1S/C15H16Cl2N4O/c16-10-3-1-2-8-9-7-21(5-4-12(9)19-13(8)10)15(22)14-11(17)6-18-20-14/h1-3,11,14,18-20H,4-7H2. The van der Waals surface area contributed by atoms with E-state index in [1.807, 2.05) is 23.1 Å². The third kappa shape index (κ3) is 2.20. The minimum absolute atomic E-state index is 0.0482. The first-order valence-corrected chi connectivity index (χ1v) is 8.16. The first-order valence-electron chi connectivity index (χ1n) is 7.34. The molecule has 2 unspecified atom stereocenters. The number of nitrogens with zero attached hydrogens (tertiary/aromatic N) is 1. The minimum atomic E-state index is -0.364. The van der Waals surface area contributed by atoms with Gasteiger partial charge in [-0.1, -0.05) is 23.7 Å². The van der Waals surface area contributed by atoms with Crippen molar-refractivity contribution in [3.8, 4) is 0 Å². The number of H-pyrrole nitrogens is 1. The minimum Gasteiger partial charge on any atom is -0.357 e. The summed E-state index contributed by atoms with van der Waals surface area (Å²) in [5, 5.41) is 1.60. The van der Waals surface area contributed by atoms with Crippen molar-refractivity contribution >= 4 is 40.0 Å². The molecule has 0 radical (unpaired) electrons. The van der Waals surface area contributed by atoms with E-state index in [0.717, 1.165) is 22.9 Å². The summed E-state index contributed by atoms with van der Waals surface area (Å²) in [5.74, 6) is 0.0482. The first kappa shape index (κ1) is 14.3. The number of para-hydroxylation sites is 1. The van der Waals surface area contributed by atoms with E-state index in [1.54, 1.807) is 0 Å². The average Bonchev–Trinajstić information content (AvgIpc) is 3.10. The Morgan fingerprint density at radius 3 is 3.00 bits per heavy atom. The zero-order valence-corrected chi connectivity index (χ0v) is 13.3. The Hall–Kier alpha value is -1.27. The van der Waals surface area contributed by atoms with E-state index in [1.165, 1.54) is 5.69 Å². The predicted octanol–water partition coefficient (Wildman–Crippen LogP) is 1.79. The number of halogens is 2. The van der Waals surface area contributed by atoms with Crippen LogP contribution in [0, 0.1) is 0 Å². The molecule has 7 heteroatoms. The van der Waals surface area contributed by atoms with E-state index in [-0.39, 0.29) is 17.3 Å². The third-order valence-corrected chi connectivity index (χ3v) is 5.17. The van der Waals surface area contributed by atoms with Gasteiger partial charge < -0.3 is 9.88 Å². The average molecular weight is 339 g/mol. The lowest BCUT2D eigenvalue weighted by Gasteiger charge is -2.30. The van der Waals surface area contributed by atoms with E-state index in [2.05, 4.69) is 15.8 Å². The first-order chi connectivity index (χ1) is 10.6. The molecule has 1 amide bonds. The molecular formula is C15H16Cl2N4O. The summed E-state index contributed by atoms with van der Waals surface area (Å²) in [7, 11) is 0. The Morgan fingerprint density at radius 2 is 2.23 bits per heavy atom. The Kier molecular flexibility index (Phi) is 3.53. The van der Waals surface area contributed by atoms with Gasteiger partial charge >= 0.3 is 0 Å². The molecule has 2 atom stereocenters. The van der Waals surface area contributed by atoms with Crippen molar-refractivity contribution in [2.24, 2.45) is 0 Å². The summed E-state index contributed by atoms with van der Waals surface area (Å²) in [6.45, 7) is 1.88. The van der Waals surface area contributed by atoms with Crippen LogP contribution >= 0.6 is 23.2 Å². The molecule has 2 aliphatic rings. The maximum Gasteiger partial charge on any atom is 0.242 e. The van der Waals surface area contributed by atoms with Gasteiger partial charge in [-0.15, -0.1) is 11.6 Å². The van der Waals surface area contributed by atoms with Gasteiger partial charge in [-0.05, 0) is 6.07 Å². The highest BCUT2D eigenvalue weighted by Gasteiger charge is 2.36. The van der Waals surface area contributed by atoms with Gasteiger partial charge in [0.2, 0.25) is 5.91 Å². The fourth-order valence-electron chi connectivity index (χ4n) is 3.28. The van der Waals surface area contributed by atoms with Crippen molar-refractivity contribution in [2.45, 2.75) is 24.4 Å². The molecule has 1 aromatic heterocycles. The zero-order chi connectivity index (χ0) is 15.3. The molecule has 0 aliphatic carbocycles. The zero-order valence-electron chi connectivity index (χ0n) is 11.8. The molecule has 3 heterocycles. The van der Waals surface area contributed by atoms with Gasteiger partial charge in [0, 0.05) is 42.7 Å². The SMILES string of the molecule is O=C(C1NNCC1Cl)N1CCc2[nH]c3c(Cl)cccc3c2C1. The number of carbonyl (C=O) groups excluding carboxylic acids is 1. The van der Waals surface area contributed by atoms with Crippen molar-refractivity contribution in [2.75, 3.05) is 13.1 Å². The summed E-state index contributed by atoms with van der Waals surface area (Å²) in [5.41, 5.74) is 9.20. The van der Waals surface area contributed by atoms with Crippen LogP contribution in [0.5, 0.6) is 0 Å². The van der Waals surface area contributed by atoms with Gasteiger partial charge in [0.1, 0.15) is 6.04 Å². The maximum atomic E-state index is 12.6. The highest BCUT2D eigenvalue weighted by Crippen LogP contribution is 2.32. The number of alkyl halides is 1. The number of carbonyl (C=O) groups is 1. The Bertz CT molecular complexity index is 744. The lowest BCUT2D eigenvalue weighted by atomic mass is 10.0. The van der Waals surface area contributed by atoms with Gasteiger partial charge in [-0.3, -0.25) is 10.2 Å². The highest BCUT2D eigenvalue weighted by atomic mass is 35.5. The molecule has 0 spiro atoms. The summed E-state index contributed by atoms with van der Waals surface area (Å²) in [6, 6.07) is 5.50. The normalized spacial score (nSPS) is 24.7. The summed E-state index contributed by atoms with van der Waals surface area (Å²) in [6.07, 6.45) is 0.805. The topological polar surface area (TPSA) is 60.2 Å². The fourth-order valence-corrected chi connectivity index (χ4v) is 3.75. The van der Waals surface area contributed by atoms with Gasteiger partial charge in [0.05, 0.1) is 15.9 Å². The van der Waals surface area contributed by atoms with Crippen LogP contribution < -0.4 is 10.9 Å². The number of hydrogen-bond donors (Lipinski definition) is 3. The van der Waals surface area contributed by atoms with Crippen molar-refractivity contribution < 1.29 is 4.79 Å². The highest BCUT2D eigenvalue weighted by molar-refractivity contribution is 6.35. The van der Waals surface area contributed by atoms with Crippen LogP contribution in [0.4, 0.5) is 0 Å². The molecule has 1 aromatic carbocycles. The molecule has 5 nitrogen and oxygen atoms in total. The Labute approximate surface area is 137 Å². The number of aromatic amines is 1. The number of fused-ring (bicyclic) bond motifs is 3. The molecule has 4 rings (SSSR count). The molecule has 3 N–H and O–H groups in total. The second-order valence-electron chi connectivity index (χ2n) is 5.77. The van der Waals surface area contributed by atoms with Crippen molar-refractivity contribution in [1.29, 1.82) is 0 Å². The van der Waals surface area contributed by atoms with Gasteiger partial charge in [-0.25, -0.2) is 5.43 Å². The van der Waals surface area contributed by atoms with E-state index < -0.39 is 0 Å². The Balaban J connectivity index is 1.65. The molecule has 2 aromatic rings. The van der Waals surface area contributed by atoms with Gasteiger partial charge in [0.25, 0.3) is 0 Å². The molecule has 22 heavy (non-hydrogen) atoms. The lowest BCUT2D eigenvalue weighted by Crippen LogP contribution is -2.49. The number of aromatic nitrogens is 1. The maximum absolute atomic E-state index is 12.6. The molecule has 1 saturated heterocycles. The molecule has 0 saturated carbocycles. The molecule has 1 fully saturated rings. The van der Waals surface area contributed by atoms with Crippen molar-refractivity contribution in [3.05, 3.63) is 34.5 Å². The van der Waals surface area contributed by atoms with Crippen LogP contribution in [-0.2, 0) is 17.8 Å². The van der Waals surface area contributed by atoms with Crippen LogP contribution in [0.1, 0.15) is 11.3 Å². The number of amides is 1. The van der Waals surface area contributed by atoms with E-state index in [4.69, 9.17) is 23.2 Å². The molecular weight excluding hydrogens is 323 g/mol. The van der Waals surface area contributed by atoms with E-state index in [9.17, 15) is 4.79 Å². The summed E-state index contributed by atoms with van der Waals surface area (Å²) in [4.78, 5) is 17.9. The third-order valence-electron chi connectivity index (χ3n) is 4.45. The van der Waals surface area contributed by atoms with E-state index in [0.29, 0.717) is 24.7 Å². The van der Waals surface area contributed by atoms with Gasteiger partial charge in [0.15, 0.2) is 0 Å². The Morgan fingerprint density at radius 1 is 1.36 bits per heavy atom. The monoisotopic (exact) mass is 338 g/mol. The smallest absolute Gasteiger partial charge is 0.242 e. The largest absolute Gasteiger partial charge is 0.357 e. The number of rotatable bonds is 1. The number of hydrogen-bond acceptors (Lipinski definition) is 3.